The van der Waals surface area contributed by atoms with E-state index in [0.717, 1.165) is 24.4 Å². The van der Waals surface area contributed by atoms with Gasteiger partial charge in [-0.2, -0.15) is 0 Å². The van der Waals surface area contributed by atoms with Crippen LogP contribution < -0.4 is 16.2 Å². The van der Waals surface area contributed by atoms with Crippen molar-refractivity contribution in [2.24, 2.45) is 5.73 Å². The van der Waals surface area contributed by atoms with E-state index in [1.165, 1.54) is 0 Å². The molecule has 0 unspecified atom stereocenters. The fraction of sp³-hybridized carbons (Fsp3) is 0.348. The number of carbonyl (C=O) groups excluding carboxylic acids is 1. The number of hydrogen-bond acceptors (Lipinski definition) is 10. The van der Waals surface area contributed by atoms with Crippen molar-refractivity contribution >= 4 is 22.8 Å². The summed E-state index contributed by atoms with van der Waals surface area (Å²) in [6, 6.07) is 7.48. The smallest absolute Gasteiger partial charge is 0.257 e. The lowest BCUT2D eigenvalue weighted by Gasteiger charge is -2.17. The van der Waals surface area contributed by atoms with Crippen LogP contribution in [0.15, 0.2) is 41.3 Å². The van der Waals surface area contributed by atoms with Gasteiger partial charge in [-0.05, 0) is 55.1 Å². The van der Waals surface area contributed by atoms with Crippen LogP contribution in [0.2, 0.25) is 0 Å². The number of amides is 1. The molecule has 0 bridgehead atoms. The topological polar surface area (TPSA) is 154 Å². The molecule has 1 aliphatic heterocycles. The molecule has 182 valence electrons. The van der Waals surface area contributed by atoms with Crippen LogP contribution in [0.25, 0.3) is 28.2 Å². The van der Waals surface area contributed by atoms with Crippen LogP contribution >= 0.6 is 0 Å². The number of benzene rings is 1. The summed E-state index contributed by atoms with van der Waals surface area (Å²) in [5, 5.41) is 7.65. The van der Waals surface area contributed by atoms with Gasteiger partial charge in [-0.25, -0.2) is 9.61 Å². The quantitative estimate of drug-likeness (QED) is 0.396. The Morgan fingerprint density at radius 3 is 2.69 bits per heavy atom. The van der Waals surface area contributed by atoms with Gasteiger partial charge in [-0.1, -0.05) is 0 Å². The molecular weight excluding hydrogens is 450 g/mol. The van der Waals surface area contributed by atoms with Crippen molar-refractivity contribution in [3.8, 4) is 23.0 Å². The third-order valence-electron chi connectivity index (χ3n) is 5.93. The van der Waals surface area contributed by atoms with E-state index in [4.69, 9.17) is 25.8 Å². The molecule has 1 aromatic carbocycles. The van der Waals surface area contributed by atoms with Crippen molar-refractivity contribution in [3.05, 3.63) is 42.2 Å². The van der Waals surface area contributed by atoms with Gasteiger partial charge in [0.05, 0.1) is 17.3 Å². The normalized spacial score (nSPS) is 15.9. The Bertz CT molecular complexity index is 1350. The summed E-state index contributed by atoms with van der Waals surface area (Å²) in [5.74, 6) is 1.06. The van der Waals surface area contributed by atoms with Gasteiger partial charge in [0.2, 0.25) is 0 Å². The van der Waals surface area contributed by atoms with Crippen molar-refractivity contribution < 1.29 is 14.2 Å². The number of nitrogens with zero attached hydrogens (tertiary/aromatic N) is 7. The highest BCUT2D eigenvalue weighted by atomic mass is 16.6. The van der Waals surface area contributed by atoms with Gasteiger partial charge in [0, 0.05) is 37.6 Å². The van der Waals surface area contributed by atoms with Crippen molar-refractivity contribution in [2.45, 2.75) is 12.5 Å². The molecule has 35 heavy (non-hydrogen) atoms. The first-order valence-corrected chi connectivity index (χ1v) is 11.3. The lowest BCUT2D eigenvalue weighted by atomic mass is 10.2. The van der Waals surface area contributed by atoms with Crippen molar-refractivity contribution in [3.63, 3.8) is 0 Å². The van der Waals surface area contributed by atoms with Crippen molar-refractivity contribution in [2.75, 3.05) is 46.1 Å². The molecule has 0 spiro atoms. The van der Waals surface area contributed by atoms with Gasteiger partial charge in [0.25, 0.3) is 5.91 Å². The third kappa shape index (κ3) is 4.40. The van der Waals surface area contributed by atoms with Crippen LogP contribution in [0, 0.1) is 0 Å². The Hall–Kier alpha value is -4.03. The maximum absolute atomic E-state index is 13.5. The highest BCUT2D eigenvalue weighted by Gasteiger charge is 2.29. The van der Waals surface area contributed by atoms with Crippen LogP contribution in [0.3, 0.4) is 0 Å². The standard InChI is InChI=1S/C23H27N9O3/c1-30(2)9-10-34-16-5-3-15(4-6-16)32-20-17(23(33)31-8-7-14(24)13-31)11-26-12-18(20)27-22(32)19-21(25)29-35-28-19/h3-6,11-12,14H,7-10,13,24H2,1-2H3,(H2,25,29)/t14-/m0/s1. The molecule has 4 N–H and O–H groups in total. The zero-order valence-corrected chi connectivity index (χ0v) is 19.6. The number of nitrogens with two attached hydrogens (primary N) is 2. The number of hydrogen-bond donors (Lipinski definition) is 2. The Labute approximate surface area is 201 Å². The number of likely N-dealkylation sites (N-methyl/N-ethyl adjacent to an activating group) is 1. The van der Waals surface area contributed by atoms with Gasteiger partial charge in [0.15, 0.2) is 17.3 Å². The number of pyridine rings is 1. The summed E-state index contributed by atoms with van der Waals surface area (Å²) >= 11 is 0. The van der Waals surface area contributed by atoms with Crippen LogP contribution in [0.4, 0.5) is 5.82 Å². The second kappa shape index (κ2) is 9.31. The van der Waals surface area contributed by atoms with E-state index in [-0.39, 0.29) is 23.5 Å². The van der Waals surface area contributed by atoms with Crippen LogP contribution in [-0.2, 0) is 0 Å². The molecule has 12 nitrogen and oxygen atoms in total. The van der Waals surface area contributed by atoms with E-state index in [0.29, 0.717) is 42.1 Å². The number of nitrogen functional groups attached to an aromatic ring is 1. The number of anilines is 1. The molecule has 1 fully saturated rings. The highest BCUT2D eigenvalue weighted by molar-refractivity contribution is 6.06. The first-order chi connectivity index (χ1) is 16.9. The molecule has 1 saturated heterocycles. The van der Waals surface area contributed by atoms with Gasteiger partial charge >= 0.3 is 0 Å². The predicted octanol–water partition coefficient (Wildman–Crippen LogP) is 1.17. The average molecular weight is 478 g/mol. The molecule has 0 radical (unpaired) electrons. The number of rotatable bonds is 7. The SMILES string of the molecule is CN(C)CCOc1ccc(-n2c(-c3nonc3N)nc3cncc(C(=O)N4CC[C@H](N)C4)c32)cc1. The van der Waals surface area contributed by atoms with Crippen molar-refractivity contribution in [1.82, 2.24) is 34.6 Å². The Morgan fingerprint density at radius 2 is 2.03 bits per heavy atom. The molecule has 0 aliphatic carbocycles. The van der Waals surface area contributed by atoms with Gasteiger partial charge in [-0.15, -0.1) is 0 Å². The Morgan fingerprint density at radius 1 is 1.23 bits per heavy atom. The van der Waals surface area contributed by atoms with E-state index < -0.39 is 0 Å². The second-order valence-corrected chi connectivity index (χ2v) is 8.77. The van der Waals surface area contributed by atoms with E-state index in [1.54, 1.807) is 17.3 Å². The number of aromatic nitrogens is 5. The number of ether oxygens (including phenoxy) is 1. The maximum Gasteiger partial charge on any atom is 0.257 e. The summed E-state index contributed by atoms with van der Waals surface area (Å²) in [6.07, 6.45) is 3.92. The average Bonchev–Trinajstić information content (AvgIpc) is 3.56. The number of imidazole rings is 1. The largest absolute Gasteiger partial charge is 0.492 e. The maximum atomic E-state index is 13.5. The fourth-order valence-corrected chi connectivity index (χ4v) is 4.13. The monoisotopic (exact) mass is 477 g/mol. The van der Waals surface area contributed by atoms with Gasteiger partial charge in [-0.3, -0.25) is 14.3 Å². The zero-order chi connectivity index (χ0) is 24.5. The number of carbonyl (C=O) groups is 1. The fourth-order valence-electron chi connectivity index (χ4n) is 4.13. The third-order valence-corrected chi connectivity index (χ3v) is 5.93. The van der Waals surface area contributed by atoms with E-state index in [2.05, 4.69) is 20.2 Å². The molecule has 1 amide bonds. The molecule has 3 aromatic heterocycles. The van der Waals surface area contributed by atoms with Crippen LogP contribution in [0.5, 0.6) is 5.75 Å². The molecule has 1 aliphatic rings. The second-order valence-electron chi connectivity index (χ2n) is 8.77. The summed E-state index contributed by atoms with van der Waals surface area (Å²) in [4.78, 5) is 26.2. The van der Waals surface area contributed by atoms with Gasteiger partial charge < -0.3 is 26.0 Å². The lowest BCUT2D eigenvalue weighted by molar-refractivity contribution is 0.0792. The van der Waals surface area contributed by atoms with E-state index in [9.17, 15) is 4.79 Å². The van der Waals surface area contributed by atoms with E-state index in [1.807, 2.05) is 42.9 Å². The highest BCUT2D eigenvalue weighted by Crippen LogP contribution is 2.32. The predicted molar refractivity (Wildman–Crippen MR) is 129 cm³/mol. The molecule has 4 aromatic rings. The van der Waals surface area contributed by atoms with Crippen LogP contribution in [0.1, 0.15) is 16.8 Å². The minimum Gasteiger partial charge on any atom is -0.492 e. The Balaban J connectivity index is 1.62. The first kappa shape index (κ1) is 22.7. The zero-order valence-electron chi connectivity index (χ0n) is 19.6. The summed E-state index contributed by atoms with van der Waals surface area (Å²) < 4.78 is 12.5. The lowest BCUT2D eigenvalue weighted by Crippen LogP contribution is -2.32. The molecule has 12 heteroatoms. The summed E-state index contributed by atoms with van der Waals surface area (Å²) in [7, 11) is 3.98. The first-order valence-electron chi connectivity index (χ1n) is 11.3. The minimum absolute atomic E-state index is 0.0346. The molecule has 0 saturated carbocycles. The molecular formula is C23H27N9O3. The summed E-state index contributed by atoms with van der Waals surface area (Å²) in [6.45, 7) is 2.45. The minimum atomic E-state index is -0.154. The van der Waals surface area contributed by atoms with Crippen LogP contribution in [-0.4, -0.2) is 86.9 Å². The van der Waals surface area contributed by atoms with Crippen molar-refractivity contribution in [1.29, 1.82) is 0 Å². The molecule has 1 atom stereocenters. The number of likely N-dealkylation sites (tertiary alicyclic amines) is 1. The summed E-state index contributed by atoms with van der Waals surface area (Å²) in [5.41, 5.74) is 14.6. The molecule has 5 rings (SSSR count). The Kier molecular flexibility index (Phi) is 6.05. The van der Waals surface area contributed by atoms with E-state index >= 15 is 0 Å². The number of fused-ring (bicyclic) bond motifs is 1. The molecule has 4 heterocycles. The van der Waals surface area contributed by atoms with Gasteiger partial charge in [0.1, 0.15) is 17.9 Å².